The SMILES string of the molecule is COc1ccc(C=C2SC(C(N)=O)=NC2=O)cc1O. The van der Waals surface area contributed by atoms with Crippen molar-refractivity contribution in [2.24, 2.45) is 10.7 Å². The van der Waals surface area contributed by atoms with E-state index in [2.05, 4.69) is 4.99 Å². The number of carbonyl (C=O) groups excluding carboxylic acids is 2. The smallest absolute Gasteiger partial charge is 0.285 e. The van der Waals surface area contributed by atoms with E-state index < -0.39 is 11.8 Å². The summed E-state index contributed by atoms with van der Waals surface area (Å²) in [6, 6.07) is 4.69. The molecule has 0 saturated heterocycles. The highest BCUT2D eigenvalue weighted by molar-refractivity contribution is 8.20. The molecular weight excluding hydrogens is 268 g/mol. The van der Waals surface area contributed by atoms with Crippen LogP contribution < -0.4 is 10.5 Å². The van der Waals surface area contributed by atoms with Gasteiger partial charge in [-0.2, -0.15) is 4.99 Å². The third-order valence-corrected chi connectivity index (χ3v) is 3.33. The average molecular weight is 278 g/mol. The molecule has 0 saturated carbocycles. The number of amides is 2. The minimum atomic E-state index is -0.737. The van der Waals surface area contributed by atoms with E-state index in [1.54, 1.807) is 12.1 Å². The van der Waals surface area contributed by atoms with Gasteiger partial charge in [0.15, 0.2) is 16.5 Å². The highest BCUT2D eigenvalue weighted by atomic mass is 32.2. The van der Waals surface area contributed by atoms with Crippen LogP contribution in [-0.4, -0.2) is 29.1 Å². The van der Waals surface area contributed by atoms with Crippen molar-refractivity contribution in [3.63, 3.8) is 0 Å². The third-order valence-electron chi connectivity index (χ3n) is 2.33. The number of rotatable bonds is 3. The Labute approximate surface area is 113 Å². The number of aliphatic imine (C=N–C) groups is 1. The predicted molar refractivity (Wildman–Crippen MR) is 71.9 cm³/mol. The molecule has 0 aromatic heterocycles. The molecule has 2 rings (SSSR count). The summed E-state index contributed by atoms with van der Waals surface area (Å²) in [7, 11) is 1.44. The largest absolute Gasteiger partial charge is 0.504 e. The molecule has 7 heteroatoms. The normalized spacial score (nSPS) is 16.6. The van der Waals surface area contributed by atoms with Crippen LogP contribution in [0.15, 0.2) is 28.1 Å². The van der Waals surface area contributed by atoms with Crippen molar-refractivity contribution < 1.29 is 19.4 Å². The molecule has 1 aliphatic rings. The molecule has 6 nitrogen and oxygen atoms in total. The Morgan fingerprint density at radius 3 is 2.79 bits per heavy atom. The molecule has 1 aromatic carbocycles. The van der Waals surface area contributed by atoms with Crippen LogP contribution in [0.5, 0.6) is 11.5 Å². The van der Waals surface area contributed by atoms with E-state index in [9.17, 15) is 14.7 Å². The van der Waals surface area contributed by atoms with Crippen LogP contribution in [-0.2, 0) is 9.59 Å². The first-order chi connectivity index (χ1) is 9.01. The summed E-state index contributed by atoms with van der Waals surface area (Å²) in [5.41, 5.74) is 5.64. The van der Waals surface area contributed by atoms with Crippen LogP contribution in [0.3, 0.4) is 0 Å². The average Bonchev–Trinajstić information content (AvgIpc) is 2.71. The van der Waals surface area contributed by atoms with Crippen LogP contribution in [0, 0.1) is 0 Å². The number of phenols is 1. The number of ether oxygens (including phenoxy) is 1. The van der Waals surface area contributed by atoms with Crippen LogP contribution in [0.4, 0.5) is 0 Å². The fourth-order valence-corrected chi connectivity index (χ4v) is 2.23. The van der Waals surface area contributed by atoms with Gasteiger partial charge in [0.2, 0.25) is 0 Å². The molecule has 98 valence electrons. The molecule has 3 N–H and O–H groups in total. The Bertz CT molecular complexity index is 622. The third kappa shape index (κ3) is 2.76. The van der Waals surface area contributed by atoms with E-state index >= 15 is 0 Å². The number of benzene rings is 1. The molecule has 2 amide bonds. The van der Waals surface area contributed by atoms with Crippen LogP contribution >= 0.6 is 11.8 Å². The summed E-state index contributed by atoms with van der Waals surface area (Å²) in [6.45, 7) is 0. The van der Waals surface area contributed by atoms with Gasteiger partial charge in [-0.05, 0) is 23.8 Å². The Morgan fingerprint density at radius 1 is 1.53 bits per heavy atom. The van der Waals surface area contributed by atoms with Gasteiger partial charge in [0.1, 0.15) is 0 Å². The van der Waals surface area contributed by atoms with E-state index in [-0.39, 0.29) is 15.7 Å². The Balaban J connectivity index is 2.26. The molecule has 0 spiro atoms. The predicted octanol–water partition coefficient (Wildman–Crippen LogP) is 0.899. The van der Waals surface area contributed by atoms with Gasteiger partial charge in [0.25, 0.3) is 11.8 Å². The maximum atomic E-state index is 11.5. The zero-order valence-corrected chi connectivity index (χ0v) is 10.7. The lowest BCUT2D eigenvalue weighted by Crippen LogP contribution is -2.18. The zero-order valence-electron chi connectivity index (χ0n) is 9.91. The van der Waals surface area contributed by atoms with Crippen LogP contribution in [0.2, 0.25) is 0 Å². The molecule has 0 bridgehead atoms. The quantitative estimate of drug-likeness (QED) is 0.800. The highest BCUT2D eigenvalue weighted by Crippen LogP contribution is 2.31. The van der Waals surface area contributed by atoms with Gasteiger partial charge in [0, 0.05) is 0 Å². The number of primary amides is 1. The van der Waals surface area contributed by atoms with E-state index in [1.807, 2.05) is 0 Å². The molecule has 0 atom stereocenters. The number of hydrogen-bond acceptors (Lipinski definition) is 5. The Morgan fingerprint density at radius 2 is 2.26 bits per heavy atom. The first-order valence-corrected chi connectivity index (χ1v) is 6.02. The number of nitrogens with two attached hydrogens (primary N) is 1. The highest BCUT2D eigenvalue weighted by Gasteiger charge is 2.25. The molecular formula is C12H10N2O4S. The molecule has 1 aliphatic heterocycles. The second kappa shape index (κ2) is 5.15. The molecule has 0 unspecified atom stereocenters. The first-order valence-electron chi connectivity index (χ1n) is 5.20. The minimum Gasteiger partial charge on any atom is -0.504 e. The van der Waals surface area contributed by atoms with Gasteiger partial charge >= 0.3 is 0 Å². The van der Waals surface area contributed by atoms with Crippen molar-refractivity contribution in [2.45, 2.75) is 0 Å². The fraction of sp³-hybridized carbons (Fsp3) is 0.0833. The summed E-state index contributed by atoms with van der Waals surface area (Å²) < 4.78 is 4.91. The number of thioether (sulfide) groups is 1. The van der Waals surface area contributed by atoms with E-state index in [0.29, 0.717) is 11.3 Å². The zero-order chi connectivity index (χ0) is 14.0. The van der Waals surface area contributed by atoms with Crippen molar-refractivity contribution in [1.29, 1.82) is 0 Å². The van der Waals surface area contributed by atoms with E-state index in [4.69, 9.17) is 10.5 Å². The summed E-state index contributed by atoms with van der Waals surface area (Å²) >= 11 is 0.912. The summed E-state index contributed by atoms with van der Waals surface area (Å²) in [6.07, 6.45) is 1.52. The lowest BCUT2D eigenvalue weighted by molar-refractivity contribution is -0.114. The number of nitrogens with zero attached hydrogens (tertiary/aromatic N) is 1. The molecule has 1 aromatic rings. The number of hydrogen-bond donors (Lipinski definition) is 2. The van der Waals surface area contributed by atoms with Gasteiger partial charge in [-0.1, -0.05) is 17.8 Å². The maximum Gasteiger partial charge on any atom is 0.285 e. The molecule has 0 radical (unpaired) electrons. The molecule has 1 heterocycles. The lowest BCUT2D eigenvalue weighted by atomic mass is 10.2. The summed E-state index contributed by atoms with van der Waals surface area (Å²) in [5, 5.41) is 9.59. The van der Waals surface area contributed by atoms with Gasteiger partial charge in [-0.15, -0.1) is 0 Å². The molecule has 0 fully saturated rings. The van der Waals surface area contributed by atoms with E-state index in [1.165, 1.54) is 19.3 Å². The van der Waals surface area contributed by atoms with Crippen molar-refractivity contribution >= 4 is 34.7 Å². The fourth-order valence-electron chi connectivity index (χ4n) is 1.46. The topological polar surface area (TPSA) is 102 Å². The van der Waals surface area contributed by atoms with Crippen molar-refractivity contribution in [1.82, 2.24) is 0 Å². The number of phenolic OH excluding ortho intramolecular Hbond substituents is 1. The van der Waals surface area contributed by atoms with Crippen molar-refractivity contribution in [2.75, 3.05) is 7.11 Å². The number of methoxy groups -OCH3 is 1. The van der Waals surface area contributed by atoms with Gasteiger partial charge in [-0.3, -0.25) is 9.59 Å². The number of aromatic hydroxyl groups is 1. The standard InChI is InChI=1S/C12H10N2O4S/c1-18-8-3-2-6(4-7(8)15)5-9-11(17)14-12(19-9)10(13)16/h2-5,15H,1H3,(H2,13,16). The Kier molecular flexibility index (Phi) is 3.57. The second-order valence-corrected chi connectivity index (χ2v) is 4.66. The first kappa shape index (κ1) is 13.2. The summed E-state index contributed by atoms with van der Waals surface area (Å²) in [4.78, 5) is 26.3. The second-order valence-electron chi connectivity index (χ2n) is 3.63. The minimum absolute atomic E-state index is 0.0333. The van der Waals surface area contributed by atoms with E-state index in [0.717, 1.165) is 11.8 Å². The molecule has 19 heavy (non-hydrogen) atoms. The summed E-state index contributed by atoms with van der Waals surface area (Å²) in [5.74, 6) is -0.960. The van der Waals surface area contributed by atoms with Crippen molar-refractivity contribution in [3.8, 4) is 11.5 Å². The maximum absolute atomic E-state index is 11.5. The number of carbonyl (C=O) groups is 2. The monoisotopic (exact) mass is 278 g/mol. The Hall–Kier alpha value is -2.28. The van der Waals surface area contributed by atoms with Gasteiger partial charge in [0.05, 0.1) is 12.0 Å². The van der Waals surface area contributed by atoms with Gasteiger partial charge in [-0.25, -0.2) is 0 Å². The van der Waals surface area contributed by atoms with Crippen molar-refractivity contribution in [3.05, 3.63) is 28.7 Å². The lowest BCUT2D eigenvalue weighted by Gasteiger charge is -2.03. The molecule has 0 aliphatic carbocycles. The van der Waals surface area contributed by atoms with Gasteiger partial charge < -0.3 is 15.6 Å². The van der Waals surface area contributed by atoms with Crippen LogP contribution in [0.1, 0.15) is 5.56 Å². The van der Waals surface area contributed by atoms with Crippen LogP contribution in [0.25, 0.3) is 6.08 Å².